The fraction of sp³-hybridized carbons (Fsp3) is 0.0714. The molecule has 2 aromatic carbocycles. The lowest BCUT2D eigenvalue weighted by atomic mass is 10.1. The van der Waals surface area contributed by atoms with Crippen molar-refractivity contribution in [1.82, 2.24) is 0 Å². The zero-order valence-electron chi connectivity index (χ0n) is 10.6. The number of benzene rings is 2. The Bertz CT molecular complexity index is 680. The van der Waals surface area contributed by atoms with Crippen LogP contribution in [-0.2, 0) is 11.2 Å². The van der Waals surface area contributed by atoms with Gasteiger partial charge < -0.3 is 20.6 Å². The van der Waals surface area contributed by atoms with Gasteiger partial charge in [-0.2, -0.15) is 0 Å². The second-order valence-electron chi connectivity index (χ2n) is 4.32. The van der Waals surface area contributed by atoms with Crippen LogP contribution in [0.5, 0.6) is 11.5 Å². The molecule has 7 heteroatoms. The highest BCUT2D eigenvalue weighted by Gasteiger charge is 2.13. The molecule has 5 nitrogen and oxygen atoms in total. The standard InChI is InChI=1S/C14H11Cl2NO4/c15-10-5-9(19)6-11(16)14(10)17-12-2-1-8(18)3-7(12)4-13(20)21/h1-3,5-6,17-19H,4H2,(H,20,21)/i5+1,6+1,9+1,10+1,11+1,14+1. The predicted molar refractivity (Wildman–Crippen MR) is 80.9 cm³/mol. The minimum atomic E-state index is -1.04. The second kappa shape index (κ2) is 6.11. The Hall–Kier alpha value is -2.11. The lowest BCUT2D eigenvalue weighted by Crippen LogP contribution is -2.04. The molecule has 0 atom stereocenters. The normalized spacial score (nSPS) is 10.4. The Morgan fingerprint density at radius 3 is 2.24 bits per heavy atom. The molecule has 0 radical (unpaired) electrons. The van der Waals surface area contributed by atoms with Crippen LogP contribution in [0.4, 0.5) is 11.4 Å². The number of phenols is 2. The van der Waals surface area contributed by atoms with E-state index in [2.05, 4.69) is 5.32 Å². The molecule has 0 amide bonds. The number of halogens is 2. The van der Waals surface area contributed by atoms with Gasteiger partial charge in [0.15, 0.2) is 0 Å². The van der Waals surface area contributed by atoms with Gasteiger partial charge in [0, 0.05) is 17.8 Å². The van der Waals surface area contributed by atoms with Crippen LogP contribution in [0.15, 0.2) is 30.3 Å². The summed E-state index contributed by atoms with van der Waals surface area (Å²) >= 11 is 12.0. The molecule has 4 N–H and O–H groups in total. The van der Waals surface area contributed by atoms with Crippen LogP contribution >= 0.6 is 23.2 Å². The first-order valence-corrected chi connectivity index (χ1v) is 6.61. The number of anilines is 2. The highest BCUT2D eigenvalue weighted by atomic mass is 35.5. The van der Waals surface area contributed by atoms with Crippen molar-refractivity contribution in [3.05, 3.63) is 45.9 Å². The molecule has 2 aromatic rings. The fourth-order valence-corrected chi connectivity index (χ4v) is 2.40. The molecule has 0 aliphatic rings. The van der Waals surface area contributed by atoms with Crippen LogP contribution in [0.2, 0.25) is 10.0 Å². The minimum absolute atomic E-state index is 0.0419. The quantitative estimate of drug-likeness (QED) is 0.639. The van der Waals surface area contributed by atoms with E-state index in [9.17, 15) is 15.0 Å². The van der Waals surface area contributed by atoms with Gasteiger partial charge in [-0.25, -0.2) is 0 Å². The van der Waals surface area contributed by atoms with Gasteiger partial charge in [0.25, 0.3) is 0 Å². The minimum Gasteiger partial charge on any atom is -0.508 e. The largest absolute Gasteiger partial charge is 0.508 e. The van der Waals surface area contributed by atoms with Crippen molar-refractivity contribution in [3.63, 3.8) is 0 Å². The summed E-state index contributed by atoms with van der Waals surface area (Å²) < 4.78 is 0. The number of aliphatic carboxylic acids is 1. The molecule has 0 saturated heterocycles. The van der Waals surface area contributed by atoms with Crippen molar-refractivity contribution in [1.29, 1.82) is 0 Å². The third-order valence-corrected chi connectivity index (χ3v) is 3.31. The van der Waals surface area contributed by atoms with Crippen LogP contribution in [0.1, 0.15) is 5.56 Å². The van der Waals surface area contributed by atoms with Crippen LogP contribution < -0.4 is 5.32 Å². The zero-order valence-corrected chi connectivity index (χ0v) is 12.1. The number of nitrogens with one attached hydrogen (secondary N) is 1. The van der Waals surface area contributed by atoms with Gasteiger partial charge in [0.05, 0.1) is 22.2 Å². The average molecular weight is 334 g/mol. The summed E-state index contributed by atoms with van der Waals surface area (Å²) in [7, 11) is 0. The summed E-state index contributed by atoms with van der Waals surface area (Å²) in [5.74, 6) is -1.15. The fourth-order valence-electron chi connectivity index (χ4n) is 1.83. The summed E-state index contributed by atoms with van der Waals surface area (Å²) in [5, 5.41) is 31.0. The van der Waals surface area contributed by atoms with E-state index in [1.54, 1.807) is 0 Å². The summed E-state index contributed by atoms with van der Waals surface area (Å²) in [4.78, 5) is 10.9. The number of hydrogen-bond donors (Lipinski definition) is 4. The molecular weight excluding hydrogens is 323 g/mol. The Morgan fingerprint density at radius 2 is 1.67 bits per heavy atom. The first-order valence-electron chi connectivity index (χ1n) is 5.85. The van der Waals surface area contributed by atoms with Crippen molar-refractivity contribution in [2.24, 2.45) is 0 Å². The Morgan fingerprint density at radius 1 is 1.05 bits per heavy atom. The molecule has 0 heterocycles. The molecule has 0 saturated carbocycles. The molecule has 0 spiro atoms. The van der Waals surface area contributed by atoms with E-state index in [0.717, 1.165) is 0 Å². The maximum atomic E-state index is 10.9. The highest BCUT2D eigenvalue weighted by molar-refractivity contribution is 6.39. The molecule has 0 bridgehead atoms. The molecular formula is C14H11Cl2NO4. The number of carbonyl (C=O) groups is 1. The Labute approximate surface area is 130 Å². The molecule has 0 unspecified atom stereocenters. The van der Waals surface area contributed by atoms with E-state index in [-0.39, 0.29) is 28.0 Å². The first-order chi connectivity index (χ1) is 9.86. The van der Waals surface area contributed by atoms with Gasteiger partial charge >= 0.3 is 5.97 Å². The second-order valence-corrected chi connectivity index (χ2v) is 5.14. The summed E-state index contributed by atoms with van der Waals surface area (Å²) in [6.45, 7) is 0. The average Bonchev–Trinajstić information content (AvgIpc) is 2.35. The van der Waals surface area contributed by atoms with Crippen LogP contribution in [0.25, 0.3) is 0 Å². The number of phenolic OH excluding ortho intramolecular Hbond substituents is 2. The van der Waals surface area contributed by atoms with Crippen LogP contribution in [0.3, 0.4) is 0 Å². The topological polar surface area (TPSA) is 89.8 Å². The van der Waals surface area contributed by atoms with Gasteiger partial charge in [0.1, 0.15) is 11.5 Å². The smallest absolute Gasteiger partial charge is 0.307 e. The molecule has 0 aromatic heterocycles. The molecule has 0 aliphatic heterocycles. The number of hydrogen-bond acceptors (Lipinski definition) is 4. The van der Waals surface area contributed by atoms with Gasteiger partial charge in [-0.15, -0.1) is 0 Å². The van der Waals surface area contributed by atoms with Gasteiger partial charge in [-0.1, -0.05) is 23.2 Å². The van der Waals surface area contributed by atoms with Crippen molar-refractivity contribution >= 4 is 40.5 Å². The van der Waals surface area contributed by atoms with Crippen molar-refractivity contribution in [2.75, 3.05) is 5.32 Å². The predicted octanol–water partition coefficient (Wildman–Crippen LogP) is 3.78. The van der Waals surface area contributed by atoms with Crippen molar-refractivity contribution < 1.29 is 20.1 Å². The van der Waals surface area contributed by atoms with E-state index in [0.29, 0.717) is 16.9 Å². The Kier molecular flexibility index (Phi) is 4.45. The van der Waals surface area contributed by atoms with Crippen molar-refractivity contribution in [2.45, 2.75) is 6.42 Å². The molecule has 0 fully saturated rings. The van der Waals surface area contributed by atoms with E-state index < -0.39 is 5.97 Å². The van der Waals surface area contributed by atoms with Crippen LogP contribution in [-0.4, -0.2) is 21.3 Å². The van der Waals surface area contributed by atoms with Gasteiger partial charge in [-0.3, -0.25) is 4.79 Å². The molecule has 0 aliphatic carbocycles. The summed E-state index contributed by atoms with van der Waals surface area (Å²) in [6, 6.07) is 6.90. The van der Waals surface area contributed by atoms with E-state index in [4.69, 9.17) is 28.3 Å². The molecule has 2 rings (SSSR count). The SMILES string of the molecule is O=C(O)Cc1cc(O)ccc1N[13c]1[13c](Cl)[13cH][13c](O)[13cH][13c]1Cl. The number of carboxylic acids is 1. The number of aromatic hydroxyl groups is 2. The third-order valence-electron chi connectivity index (χ3n) is 2.72. The maximum absolute atomic E-state index is 10.9. The maximum Gasteiger partial charge on any atom is 0.307 e. The summed E-state index contributed by atoms with van der Waals surface area (Å²) in [6.07, 6.45) is -0.274. The van der Waals surface area contributed by atoms with E-state index in [1.165, 1.54) is 30.3 Å². The summed E-state index contributed by atoms with van der Waals surface area (Å²) in [5.41, 5.74) is 1.17. The first kappa shape index (κ1) is 15.3. The lowest BCUT2D eigenvalue weighted by Gasteiger charge is -2.14. The number of rotatable bonds is 4. The third kappa shape index (κ3) is 3.71. The van der Waals surface area contributed by atoms with Gasteiger partial charge in [0.2, 0.25) is 0 Å². The van der Waals surface area contributed by atoms with Crippen molar-refractivity contribution in [3.8, 4) is 11.5 Å². The highest BCUT2D eigenvalue weighted by Crippen LogP contribution is 2.37. The Balaban J connectivity index is 2.42. The molecule has 21 heavy (non-hydrogen) atoms. The lowest BCUT2D eigenvalue weighted by molar-refractivity contribution is -0.136. The van der Waals surface area contributed by atoms with Crippen LogP contribution in [0, 0.1) is 0 Å². The molecule has 110 valence electrons. The zero-order chi connectivity index (χ0) is 15.6. The van der Waals surface area contributed by atoms with E-state index in [1.807, 2.05) is 0 Å². The number of carboxylic acid groups (broad SMARTS) is 1. The van der Waals surface area contributed by atoms with Gasteiger partial charge in [-0.05, 0) is 23.8 Å². The monoisotopic (exact) mass is 333 g/mol. The van der Waals surface area contributed by atoms with E-state index >= 15 is 0 Å².